The Labute approximate surface area is 119 Å². The summed E-state index contributed by atoms with van der Waals surface area (Å²) in [6.45, 7) is 0. The standard InChI is InChI=1S/C15H12O6/c16-9-6-10(17)12-11(7-9)21-15(20,14(19)13(12)18)8-4-2-1-3-5-8/h1-7,13,16-18,20H/t13?,15-/m0/s1. The molecule has 4 N–H and O–H groups in total. The normalized spacial score (nSPS) is 24.3. The summed E-state index contributed by atoms with van der Waals surface area (Å²) in [5.74, 6) is -4.36. The van der Waals surface area contributed by atoms with Gasteiger partial charge in [-0.05, 0) is 0 Å². The van der Waals surface area contributed by atoms with Crippen molar-refractivity contribution in [2.45, 2.75) is 11.9 Å². The van der Waals surface area contributed by atoms with Gasteiger partial charge in [0.2, 0.25) is 5.78 Å². The van der Waals surface area contributed by atoms with Crippen LogP contribution in [0.2, 0.25) is 0 Å². The quantitative estimate of drug-likeness (QED) is 0.622. The average molecular weight is 288 g/mol. The summed E-state index contributed by atoms with van der Waals surface area (Å²) in [7, 11) is 0. The van der Waals surface area contributed by atoms with Crippen LogP contribution in [0.25, 0.3) is 0 Å². The molecule has 21 heavy (non-hydrogen) atoms. The lowest BCUT2D eigenvalue weighted by Crippen LogP contribution is -2.47. The van der Waals surface area contributed by atoms with Gasteiger partial charge in [0, 0.05) is 17.7 Å². The van der Waals surface area contributed by atoms with Crippen molar-refractivity contribution in [1.29, 1.82) is 0 Å². The minimum atomic E-state index is -2.38. The molecule has 0 aliphatic carbocycles. The molecule has 2 aromatic carbocycles. The van der Waals surface area contributed by atoms with E-state index in [1.165, 1.54) is 12.1 Å². The second kappa shape index (κ2) is 4.47. The Kier molecular flexibility index (Phi) is 2.86. The number of benzene rings is 2. The lowest BCUT2D eigenvalue weighted by Gasteiger charge is -2.35. The van der Waals surface area contributed by atoms with Crippen LogP contribution in [0, 0.1) is 0 Å². The predicted octanol–water partition coefficient (Wildman–Crippen LogP) is 0.938. The molecule has 6 heteroatoms. The topological polar surface area (TPSA) is 107 Å². The fraction of sp³-hybridized carbons (Fsp3) is 0.133. The van der Waals surface area contributed by atoms with Crippen molar-refractivity contribution in [3.05, 3.63) is 53.6 Å². The van der Waals surface area contributed by atoms with Gasteiger partial charge in [0.15, 0.2) is 6.10 Å². The molecule has 2 atom stereocenters. The largest absolute Gasteiger partial charge is 0.508 e. The summed E-state index contributed by atoms with van der Waals surface area (Å²) in [6, 6.07) is 9.93. The van der Waals surface area contributed by atoms with Crippen LogP contribution >= 0.6 is 0 Å². The lowest BCUT2D eigenvalue weighted by molar-refractivity contribution is -0.191. The first-order valence-corrected chi connectivity index (χ1v) is 6.18. The molecular formula is C15H12O6. The highest BCUT2D eigenvalue weighted by Crippen LogP contribution is 2.46. The molecule has 1 aliphatic rings. The van der Waals surface area contributed by atoms with Gasteiger partial charge < -0.3 is 25.2 Å². The highest BCUT2D eigenvalue weighted by atomic mass is 16.6. The fourth-order valence-corrected chi connectivity index (χ4v) is 2.35. The van der Waals surface area contributed by atoms with Gasteiger partial charge in [0.1, 0.15) is 17.2 Å². The van der Waals surface area contributed by atoms with Crippen molar-refractivity contribution in [1.82, 2.24) is 0 Å². The Morgan fingerprint density at radius 3 is 2.43 bits per heavy atom. The average Bonchev–Trinajstić information content (AvgIpc) is 2.45. The fourth-order valence-electron chi connectivity index (χ4n) is 2.35. The molecule has 0 spiro atoms. The Hall–Kier alpha value is -2.57. The number of aliphatic hydroxyl groups excluding tert-OH is 1. The SMILES string of the molecule is O=C1C(O)c2c(O)cc(O)cc2O[C@@]1(O)c1ccccc1. The molecule has 3 rings (SSSR count). The Morgan fingerprint density at radius 2 is 1.76 bits per heavy atom. The number of phenols is 2. The number of carbonyl (C=O) groups is 1. The van der Waals surface area contributed by atoms with Crippen molar-refractivity contribution in [2.75, 3.05) is 0 Å². The molecule has 0 bridgehead atoms. The third-order valence-electron chi connectivity index (χ3n) is 3.38. The molecular weight excluding hydrogens is 276 g/mol. The van der Waals surface area contributed by atoms with E-state index in [0.717, 1.165) is 12.1 Å². The van der Waals surface area contributed by atoms with E-state index in [9.17, 15) is 25.2 Å². The van der Waals surface area contributed by atoms with Gasteiger partial charge in [-0.2, -0.15) is 0 Å². The summed E-state index contributed by atoms with van der Waals surface area (Å²) < 4.78 is 5.28. The van der Waals surface area contributed by atoms with E-state index in [1.54, 1.807) is 18.2 Å². The third kappa shape index (κ3) is 1.93. The summed E-state index contributed by atoms with van der Waals surface area (Å²) >= 11 is 0. The van der Waals surface area contributed by atoms with Crippen molar-refractivity contribution in [2.24, 2.45) is 0 Å². The number of Topliss-reactive ketones (excluding diaryl/α,β-unsaturated/α-hetero) is 1. The van der Waals surface area contributed by atoms with E-state index >= 15 is 0 Å². The molecule has 1 aliphatic heterocycles. The lowest BCUT2D eigenvalue weighted by atomic mass is 9.90. The molecule has 0 fully saturated rings. The first kappa shape index (κ1) is 13.4. The van der Waals surface area contributed by atoms with E-state index in [1.807, 2.05) is 0 Å². The van der Waals surface area contributed by atoms with Crippen LogP contribution in [0.15, 0.2) is 42.5 Å². The Morgan fingerprint density at radius 1 is 1.10 bits per heavy atom. The molecule has 1 unspecified atom stereocenters. The Bertz CT molecular complexity index is 712. The number of hydrogen-bond donors (Lipinski definition) is 4. The monoisotopic (exact) mass is 288 g/mol. The van der Waals surface area contributed by atoms with Gasteiger partial charge in [0.25, 0.3) is 5.79 Å². The molecule has 0 saturated carbocycles. The summed E-state index contributed by atoms with van der Waals surface area (Å²) in [4.78, 5) is 12.2. The van der Waals surface area contributed by atoms with Gasteiger partial charge in [-0.3, -0.25) is 4.79 Å². The zero-order chi connectivity index (χ0) is 15.2. The number of fused-ring (bicyclic) bond motifs is 1. The Balaban J connectivity index is 2.18. The maximum absolute atomic E-state index is 12.2. The number of ketones is 1. The number of phenolic OH excluding ortho intramolecular Hbond substituents is 2. The molecule has 108 valence electrons. The molecule has 0 aromatic heterocycles. The molecule has 0 radical (unpaired) electrons. The van der Waals surface area contributed by atoms with Gasteiger partial charge in [-0.1, -0.05) is 30.3 Å². The first-order chi connectivity index (χ1) is 9.93. The van der Waals surface area contributed by atoms with Crippen LogP contribution in [0.5, 0.6) is 17.2 Å². The molecule has 0 amide bonds. The smallest absolute Gasteiger partial charge is 0.298 e. The van der Waals surface area contributed by atoms with Crippen LogP contribution in [0.4, 0.5) is 0 Å². The van der Waals surface area contributed by atoms with Crippen molar-refractivity contribution >= 4 is 5.78 Å². The van der Waals surface area contributed by atoms with Crippen LogP contribution in [-0.2, 0) is 10.6 Å². The number of aliphatic hydroxyl groups is 2. The number of hydrogen-bond acceptors (Lipinski definition) is 6. The van der Waals surface area contributed by atoms with E-state index in [4.69, 9.17) is 4.74 Å². The molecule has 6 nitrogen and oxygen atoms in total. The maximum atomic E-state index is 12.2. The maximum Gasteiger partial charge on any atom is 0.298 e. The first-order valence-electron chi connectivity index (χ1n) is 6.18. The van der Waals surface area contributed by atoms with E-state index < -0.39 is 23.4 Å². The van der Waals surface area contributed by atoms with Crippen LogP contribution in [0.3, 0.4) is 0 Å². The van der Waals surface area contributed by atoms with Crippen LogP contribution in [-0.4, -0.2) is 26.2 Å². The number of rotatable bonds is 1. The summed E-state index contributed by atoms with van der Waals surface area (Å²) in [5, 5.41) is 39.8. The van der Waals surface area contributed by atoms with Gasteiger partial charge >= 0.3 is 0 Å². The van der Waals surface area contributed by atoms with E-state index in [2.05, 4.69) is 0 Å². The zero-order valence-corrected chi connectivity index (χ0v) is 10.7. The molecule has 2 aromatic rings. The van der Waals surface area contributed by atoms with E-state index in [0.29, 0.717) is 0 Å². The van der Waals surface area contributed by atoms with Crippen LogP contribution < -0.4 is 4.74 Å². The predicted molar refractivity (Wildman–Crippen MR) is 70.7 cm³/mol. The summed E-state index contributed by atoms with van der Waals surface area (Å²) in [6.07, 6.45) is -1.76. The highest BCUT2D eigenvalue weighted by molar-refractivity contribution is 5.94. The second-order valence-corrected chi connectivity index (χ2v) is 4.76. The van der Waals surface area contributed by atoms with Gasteiger partial charge in [-0.15, -0.1) is 0 Å². The number of aromatic hydroxyl groups is 2. The minimum Gasteiger partial charge on any atom is -0.508 e. The van der Waals surface area contributed by atoms with Crippen molar-refractivity contribution < 1.29 is 30.0 Å². The van der Waals surface area contributed by atoms with Crippen molar-refractivity contribution in [3.8, 4) is 17.2 Å². The zero-order valence-electron chi connectivity index (χ0n) is 10.7. The highest BCUT2D eigenvalue weighted by Gasteiger charge is 2.50. The number of carbonyl (C=O) groups excluding carboxylic acids is 1. The minimum absolute atomic E-state index is 0.141. The molecule has 1 heterocycles. The van der Waals surface area contributed by atoms with Gasteiger partial charge in [0.05, 0.1) is 5.56 Å². The van der Waals surface area contributed by atoms with Crippen LogP contribution in [0.1, 0.15) is 17.2 Å². The van der Waals surface area contributed by atoms with E-state index in [-0.39, 0.29) is 22.6 Å². The molecule has 0 saturated heterocycles. The van der Waals surface area contributed by atoms with Gasteiger partial charge in [-0.25, -0.2) is 0 Å². The number of ether oxygens (including phenoxy) is 1. The second-order valence-electron chi connectivity index (χ2n) is 4.76. The third-order valence-corrected chi connectivity index (χ3v) is 3.38. The van der Waals surface area contributed by atoms with Crippen molar-refractivity contribution in [3.63, 3.8) is 0 Å². The summed E-state index contributed by atoms with van der Waals surface area (Å²) in [5.41, 5.74) is -0.0408.